The van der Waals surface area contributed by atoms with E-state index in [4.69, 9.17) is 4.74 Å². The number of nitrogens with zero attached hydrogens (tertiary/aromatic N) is 1. The molecule has 0 bridgehead atoms. The van der Waals surface area contributed by atoms with E-state index in [1.165, 1.54) is 25.8 Å². The lowest BCUT2D eigenvalue weighted by Crippen LogP contribution is -2.47. The Hall–Kier alpha value is -0.120. The van der Waals surface area contributed by atoms with Crippen LogP contribution in [0.25, 0.3) is 0 Å². The Labute approximate surface area is 101 Å². The van der Waals surface area contributed by atoms with Gasteiger partial charge in [-0.15, -0.1) is 0 Å². The normalized spacial score (nSPS) is 18.8. The number of nitrogens with one attached hydrogen (secondary N) is 1. The van der Waals surface area contributed by atoms with Crippen LogP contribution in [-0.2, 0) is 4.74 Å². The standard InChI is InChI=1S/C13H28N2O/c1-4-14-9-13(11-16-3)15(5-2)10-12-7-6-8-12/h12-14H,4-11H2,1-3H3. The molecule has 0 spiro atoms. The van der Waals surface area contributed by atoms with Gasteiger partial charge in [0.2, 0.25) is 0 Å². The third kappa shape index (κ3) is 4.40. The molecule has 16 heavy (non-hydrogen) atoms. The minimum Gasteiger partial charge on any atom is -0.383 e. The zero-order valence-corrected chi connectivity index (χ0v) is 11.2. The number of ether oxygens (including phenoxy) is 1. The molecule has 1 fully saturated rings. The van der Waals surface area contributed by atoms with E-state index in [0.717, 1.165) is 32.2 Å². The quantitative estimate of drug-likeness (QED) is 0.650. The summed E-state index contributed by atoms with van der Waals surface area (Å²) in [7, 11) is 1.80. The fourth-order valence-corrected chi connectivity index (χ4v) is 2.34. The van der Waals surface area contributed by atoms with E-state index in [0.29, 0.717) is 6.04 Å². The predicted octanol–water partition coefficient (Wildman–Crippen LogP) is 1.73. The Balaban J connectivity index is 2.35. The fraction of sp³-hybridized carbons (Fsp3) is 1.00. The van der Waals surface area contributed by atoms with Gasteiger partial charge in [0.25, 0.3) is 0 Å². The summed E-state index contributed by atoms with van der Waals surface area (Å²) >= 11 is 0. The second-order valence-corrected chi connectivity index (χ2v) is 4.80. The summed E-state index contributed by atoms with van der Waals surface area (Å²) in [5, 5.41) is 3.44. The van der Waals surface area contributed by atoms with Gasteiger partial charge in [0.1, 0.15) is 0 Å². The molecule has 1 unspecified atom stereocenters. The summed E-state index contributed by atoms with van der Waals surface area (Å²) in [4.78, 5) is 2.58. The van der Waals surface area contributed by atoms with Crippen LogP contribution < -0.4 is 5.32 Å². The largest absolute Gasteiger partial charge is 0.383 e. The summed E-state index contributed by atoms with van der Waals surface area (Å²) in [6.45, 7) is 9.74. The van der Waals surface area contributed by atoms with Crippen LogP contribution in [0.3, 0.4) is 0 Å². The maximum atomic E-state index is 5.34. The average molecular weight is 228 g/mol. The van der Waals surface area contributed by atoms with Crippen LogP contribution in [0, 0.1) is 5.92 Å². The number of rotatable bonds is 9. The monoisotopic (exact) mass is 228 g/mol. The molecule has 1 aliphatic rings. The Bertz CT molecular complexity index is 171. The molecule has 3 nitrogen and oxygen atoms in total. The van der Waals surface area contributed by atoms with Crippen LogP contribution in [0.5, 0.6) is 0 Å². The van der Waals surface area contributed by atoms with Crippen molar-refractivity contribution >= 4 is 0 Å². The first-order valence-corrected chi connectivity index (χ1v) is 6.75. The lowest BCUT2D eigenvalue weighted by atomic mass is 9.85. The Morgan fingerprint density at radius 1 is 1.38 bits per heavy atom. The molecule has 0 radical (unpaired) electrons. The zero-order valence-electron chi connectivity index (χ0n) is 11.2. The van der Waals surface area contributed by atoms with Gasteiger partial charge >= 0.3 is 0 Å². The minimum absolute atomic E-state index is 0.538. The molecule has 0 saturated heterocycles. The Morgan fingerprint density at radius 3 is 2.56 bits per heavy atom. The molecule has 0 aromatic heterocycles. The van der Waals surface area contributed by atoms with Gasteiger partial charge in [-0.3, -0.25) is 4.90 Å². The molecule has 1 atom stereocenters. The molecule has 0 aliphatic heterocycles. The van der Waals surface area contributed by atoms with E-state index in [2.05, 4.69) is 24.1 Å². The molecule has 1 aliphatic carbocycles. The molecular formula is C13H28N2O. The molecule has 96 valence electrons. The lowest BCUT2D eigenvalue weighted by Gasteiger charge is -2.36. The van der Waals surface area contributed by atoms with Gasteiger partial charge in [0, 0.05) is 26.2 Å². The zero-order chi connectivity index (χ0) is 11.8. The van der Waals surface area contributed by atoms with Crippen LogP contribution in [0.2, 0.25) is 0 Å². The van der Waals surface area contributed by atoms with E-state index in [-0.39, 0.29) is 0 Å². The first-order chi connectivity index (χ1) is 7.81. The topological polar surface area (TPSA) is 24.5 Å². The fourth-order valence-electron chi connectivity index (χ4n) is 2.34. The SMILES string of the molecule is CCNCC(COC)N(CC)CC1CCC1. The number of likely N-dealkylation sites (N-methyl/N-ethyl adjacent to an activating group) is 2. The minimum atomic E-state index is 0.538. The van der Waals surface area contributed by atoms with Gasteiger partial charge in [-0.05, 0) is 31.8 Å². The Kier molecular flexibility index (Phi) is 7.01. The number of hydrogen-bond acceptors (Lipinski definition) is 3. The first kappa shape index (κ1) is 13.9. The maximum Gasteiger partial charge on any atom is 0.0630 e. The number of methoxy groups -OCH3 is 1. The van der Waals surface area contributed by atoms with Crippen molar-refractivity contribution in [3.8, 4) is 0 Å². The summed E-state index contributed by atoms with van der Waals surface area (Å²) in [6, 6.07) is 0.538. The smallest absolute Gasteiger partial charge is 0.0630 e. The Morgan fingerprint density at radius 2 is 2.12 bits per heavy atom. The molecule has 0 aromatic rings. The van der Waals surface area contributed by atoms with Gasteiger partial charge in [-0.1, -0.05) is 20.3 Å². The van der Waals surface area contributed by atoms with Crippen LogP contribution in [-0.4, -0.2) is 50.8 Å². The van der Waals surface area contributed by atoms with Crippen molar-refractivity contribution in [3.05, 3.63) is 0 Å². The summed E-state index contributed by atoms with van der Waals surface area (Å²) < 4.78 is 5.34. The highest BCUT2D eigenvalue weighted by molar-refractivity contribution is 4.79. The molecule has 0 aromatic carbocycles. The second-order valence-electron chi connectivity index (χ2n) is 4.80. The van der Waals surface area contributed by atoms with E-state index >= 15 is 0 Å². The predicted molar refractivity (Wildman–Crippen MR) is 68.8 cm³/mol. The third-order valence-corrected chi connectivity index (χ3v) is 3.63. The second kappa shape index (κ2) is 8.04. The molecule has 1 saturated carbocycles. The molecule has 1 N–H and O–H groups in total. The highest BCUT2D eigenvalue weighted by Gasteiger charge is 2.24. The molecule has 0 heterocycles. The first-order valence-electron chi connectivity index (χ1n) is 6.75. The summed E-state index contributed by atoms with van der Waals surface area (Å²) in [5.41, 5.74) is 0. The van der Waals surface area contributed by atoms with Gasteiger partial charge < -0.3 is 10.1 Å². The summed E-state index contributed by atoms with van der Waals surface area (Å²) in [5.74, 6) is 0.945. The highest BCUT2D eigenvalue weighted by Crippen LogP contribution is 2.27. The molecule has 0 amide bonds. The van der Waals surface area contributed by atoms with E-state index in [9.17, 15) is 0 Å². The molecule has 3 heteroatoms. The molecule has 1 rings (SSSR count). The van der Waals surface area contributed by atoms with E-state index in [1.54, 1.807) is 7.11 Å². The van der Waals surface area contributed by atoms with Crippen molar-refractivity contribution in [2.75, 3.05) is 39.9 Å². The van der Waals surface area contributed by atoms with Crippen molar-refractivity contribution in [1.29, 1.82) is 0 Å². The van der Waals surface area contributed by atoms with Crippen molar-refractivity contribution < 1.29 is 4.74 Å². The van der Waals surface area contributed by atoms with Crippen LogP contribution in [0.1, 0.15) is 33.1 Å². The van der Waals surface area contributed by atoms with Crippen molar-refractivity contribution in [2.24, 2.45) is 5.92 Å². The van der Waals surface area contributed by atoms with Gasteiger partial charge in [0.05, 0.1) is 6.61 Å². The summed E-state index contributed by atoms with van der Waals surface area (Å²) in [6.07, 6.45) is 4.29. The van der Waals surface area contributed by atoms with Crippen LogP contribution in [0.4, 0.5) is 0 Å². The average Bonchev–Trinajstić information content (AvgIpc) is 2.24. The van der Waals surface area contributed by atoms with Gasteiger partial charge in [-0.2, -0.15) is 0 Å². The molecular weight excluding hydrogens is 200 g/mol. The van der Waals surface area contributed by atoms with E-state index in [1.807, 2.05) is 0 Å². The van der Waals surface area contributed by atoms with Crippen molar-refractivity contribution in [3.63, 3.8) is 0 Å². The third-order valence-electron chi connectivity index (χ3n) is 3.63. The van der Waals surface area contributed by atoms with Crippen LogP contribution >= 0.6 is 0 Å². The van der Waals surface area contributed by atoms with Gasteiger partial charge in [0.15, 0.2) is 0 Å². The van der Waals surface area contributed by atoms with E-state index < -0.39 is 0 Å². The lowest BCUT2D eigenvalue weighted by molar-refractivity contribution is 0.0704. The van der Waals surface area contributed by atoms with Crippen molar-refractivity contribution in [1.82, 2.24) is 10.2 Å². The van der Waals surface area contributed by atoms with Gasteiger partial charge in [-0.25, -0.2) is 0 Å². The van der Waals surface area contributed by atoms with Crippen molar-refractivity contribution in [2.45, 2.75) is 39.2 Å². The maximum absolute atomic E-state index is 5.34. The van der Waals surface area contributed by atoms with Crippen LogP contribution in [0.15, 0.2) is 0 Å². The number of hydrogen-bond donors (Lipinski definition) is 1. The highest BCUT2D eigenvalue weighted by atomic mass is 16.5.